The summed E-state index contributed by atoms with van der Waals surface area (Å²) in [6.07, 6.45) is 3.76. The van der Waals surface area contributed by atoms with E-state index < -0.39 is 0 Å². The Morgan fingerprint density at radius 2 is 1.76 bits per heavy atom. The van der Waals surface area contributed by atoms with Crippen molar-refractivity contribution in [2.45, 2.75) is 6.92 Å². The zero-order valence-corrected chi connectivity index (χ0v) is 19.7. The van der Waals surface area contributed by atoms with E-state index in [0.29, 0.717) is 5.95 Å². The summed E-state index contributed by atoms with van der Waals surface area (Å²) < 4.78 is 8.71. The van der Waals surface area contributed by atoms with E-state index in [1.54, 1.807) is 24.8 Å². The number of fused-ring (bicyclic) bond motifs is 1. The quantitative estimate of drug-likeness (QED) is 0.325. The molecule has 0 radical (unpaired) electrons. The molecule has 0 aliphatic carbocycles. The molecule has 0 saturated heterocycles. The summed E-state index contributed by atoms with van der Waals surface area (Å²) in [6.45, 7) is 1.97. The average molecular weight is 457 g/mol. The van der Waals surface area contributed by atoms with Crippen LogP contribution in [-0.4, -0.2) is 40.7 Å². The highest BCUT2D eigenvalue weighted by Gasteiger charge is 2.18. The van der Waals surface area contributed by atoms with Gasteiger partial charge in [-0.05, 0) is 42.6 Å². The number of para-hydroxylation sites is 1. The number of ether oxygens (including phenoxy) is 1. The van der Waals surface area contributed by atoms with Crippen molar-refractivity contribution < 1.29 is 4.74 Å². The van der Waals surface area contributed by atoms with Gasteiger partial charge in [0, 0.05) is 37.7 Å². The number of anilines is 4. The summed E-state index contributed by atoms with van der Waals surface area (Å²) in [5, 5.41) is 2.05. The zero-order chi connectivity index (χ0) is 22.9. The summed E-state index contributed by atoms with van der Waals surface area (Å²) in [5.41, 5.74) is 4.79. The topological polar surface area (TPSA) is 59.3 Å². The molecule has 0 N–H and O–H groups in total. The van der Waals surface area contributed by atoms with Crippen LogP contribution < -0.4 is 14.5 Å². The Morgan fingerprint density at radius 3 is 2.48 bits per heavy atom. The summed E-state index contributed by atoms with van der Waals surface area (Å²) in [5.74, 6) is 2.24. The van der Waals surface area contributed by atoms with Crippen molar-refractivity contribution in [3.05, 3.63) is 78.2 Å². The Bertz CT molecular complexity index is 1410. The molecule has 0 saturated carbocycles. The van der Waals surface area contributed by atoms with Crippen LogP contribution in [0.25, 0.3) is 15.9 Å². The number of hydrogen-bond acceptors (Lipinski definition) is 7. The molecule has 0 aliphatic rings. The van der Waals surface area contributed by atoms with Gasteiger partial charge in [0.05, 0.1) is 35.0 Å². The first-order chi connectivity index (χ1) is 16.0. The molecule has 0 bridgehead atoms. The van der Waals surface area contributed by atoms with E-state index in [-0.39, 0.29) is 0 Å². The molecule has 0 aliphatic heterocycles. The molecule has 33 heavy (non-hydrogen) atoms. The van der Waals surface area contributed by atoms with E-state index in [4.69, 9.17) is 14.7 Å². The van der Waals surface area contributed by atoms with Crippen LogP contribution in [0.15, 0.2) is 72.5 Å². The Balaban J connectivity index is 1.55. The van der Waals surface area contributed by atoms with Crippen LogP contribution in [0.2, 0.25) is 0 Å². The fraction of sp³-hybridized carbons (Fsp3) is 0.160. The van der Waals surface area contributed by atoms with Crippen LogP contribution in [0.5, 0.6) is 5.75 Å². The smallest absolute Gasteiger partial charge is 0.232 e. The van der Waals surface area contributed by atoms with Crippen molar-refractivity contribution in [1.29, 1.82) is 0 Å². The van der Waals surface area contributed by atoms with Crippen molar-refractivity contribution in [2.24, 2.45) is 0 Å². The van der Waals surface area contributed by atoms with Gasteiger partial charge in [-0.1, -0.05) is 18.2 Å². The number of hydrogen-bond donors (Lipinski definition) is 0. The minimum absolute atomic E-state index is 0.618. The average Bonchev–Trinajstić information content (AvgIpc) is 3.51. The fourth-order valence-electron chi connectivity index (χ4n) is 3.74. The maximum absolute atomic E-state index is 5.69. The number of methoxy groups -OCH3 is 1. The largest absolute Gasteiger partial charge is 0.494 e. The fourth-order valence-corrected chi connectivity index (χ4v) is 4.60. The molecule has 5 rings (SSSR count). The number of thiophene rings is 1. The zero-order valence-electron chi connectivity index (χ0n) is 18.9. The van der Waals surface area contributed by atoms with Crippen LogP contribution in [-0.2, 0) is 0 Å². The van der Waals surface area contributed by atoms with Gasteiger partial charge in [0.25, 0.3) is 0 Å². The molecule has 0 spiro atoms. The van der Waals surface area contributed by atoms with Gasteiger partial charge >= 0.3 is 0 Å². The Morgan fingerprint density at radius 1 is 0.939 bits per heavy atom. The van der Waals surface area contributed by atoms with E-state index >= 15 is 0 Å². The lowest BCUT2D eigenvalue weighted by atomic mass is 10.2. The lowest BCUT2D eigenvalue weighted by molar-refractivity contribution is 0.413. The van der Waals surface area contributed by atoms with Gasteiger partial charge in [0.2, 0.25) is 5.95 Å². The molecule has 2 aromatic carbocycles. The summed E-state index contributed by atoms with van der Waals surface area (Å²) in [7, 11) is 5.68. The third-order valence-corrected chi connectivity index (χ3v) is 6.48. The second kappa shape index (κ2) is 8.55. The number of aryl methyl sites for hydroxylation is 1. The molecule has 0 atom stereocenters. The molecule has 5 aromatic rings. The second-order valence-electron chi connectivity index (χ2n) is 7.71. The lowest BCUT2D eigenvalue weighted by Gasteiger charge is -2.23. The first kappa shape index (κ1) is 21.0. The van der Waals surface area contributed by atoms with Gasteiger partial charge in [-0.2, -0.15) is 4.98 Å². The number of imidazole rings is 1. The molecular weight excluding hydrogens is 432 g/mol. The minimum atomic E-state index is 0.618. The molecular formula is C25H24N6OS. The van der Waals surface area contributed by atoms with Crippen molar-refractivity contribution in [2.75, 3.05) is 31.0 Å². The highest BCUT2D eigenvalue weighted by Crippen LogP contribution is 2.36. The lowest BCUT2D eigenvalue weighted by Crippen LogP contribution is -2.17. The predicted octanol–water partition coefficient (Wildman–Crippen LogP) is 5.73. The Kier molecular flexibility index (Phi) is 5.43. The van der Waals surface area contributed by atoms with E-state index in [1.165, 1.54) is 0 Å². The van der Waals surface area contributed by atoms with Gasteiger partial charge in [-0.15, -0.1) is 11.3 Å². The predicted molar refractivity (Wildman–Crippen MR) is 135 cm³/mol. The van der Waals surface area contributed by atoms with Gasteiger partial charge in [0.1, 0.15) is 5.75 Å². The molecule has 3 aromatic heterocycles. The van der Waals surface area contributed by atoms with Crippen LogP contribution in [0, 0.1) is 6.92 Å². The maximum Gasteiger partial charge on any atom is 0.232 e. The summed E-state index contributed by atoms with van der Waals surface area (Å²) >= 11 is 1.65. The van der Waals surface area contributed by atoms with E-state index in [2.05, 4.69) is 27.4 Å². The monoisotopic (exact) mass is 456 g/mol. The SMILES string of the molecule is COc1cc(N(C)c2nc(N(C)c3ccccc3)c3sccc3n2)ccc1-n1cnc(C)c1. The van der Waals surface area contributed by atoms with Crippen molar-refractivity contribution in [3.8, 4) is 11.4 Å². The van der Waals surface area contributed by atoms with Gasteiger partial charge < -0.3 is 19.1 Å². The van der Waals surface area contributed by atoms with Crippen LogP contribution in [0.1, 0.15) is 5.69 Å². The summed E-state index contributed by atoms with van der Waals surface area (Å²) in [4.78, 5) is 18.2. The van der Waals surface area contributed by atoms with E-state index in [1.807, 2.05) is 79.1 Å². The number of aromatic nitrogens is 4. The highest BCUT2D eigenvalue weighted by atomic mass is 32.1. The Hall–Kier alpha value is -3.91. The highest BCUT2D eigenvalue weighted by molar-refractivity contribution is 7.17. The molecule has 0 unspecified atom stereocenters. The first-order valence-electron chi connectivity index (χ1n) is 10.5. The number of benzene rings is 2. The van der Waals surface area contributed by atoms with Crippen LogP contribution in [0.4, 0.5) is 23.1 Å². The molecule has 3 heterocycles. The van der Waals surface area contributed by atoms with Crippen molar-refractivity contribution >= 4 is 44.7 Å². The molecule has 0 fully saturated rings. The number of nitrogens with zero attached hydrogens (tertiary/aromatic N) is 6. The third kappa shape index (κ3) is 3.89. The maximum atomic E-state index is 5.69. The minimum Gasteiger partial charge on any atom is -0.494 e. The van der Waals surface area contributed by atoms with Crippen molar-refractivity contribution in [3.63, 3.8) is 0 Å². The standard InChI is InChI=1S/C25H24N6OS/c1-17-15-31(16-26-17)21-11-10-19(14-22(21)32-4)30(3)25-27-20-12-13-33-23(20)24(28-25)29(2)18-8-6-5-7-9-18/h5-16H,1-4H3. The summed E-state index contributed by atoms with van der Waals surface area (Å²) in [6, 6.07) is 18.3. The normalized spacial score (nSPS) is 11.0. The molecule has 7 nitrogen and oxygen atoms in total. The molecule has 166 valence electrons. The third-order valence-electron chi connectivity index (χ3n) is 5.58. The number of rotatable bonds is 6. The van der Waals surface area contributed by atoms with Gasteiger partial charge in [0.15, 0.2) is 5.82 Å². The van der Waals surface area contributed by atoms with Crippen LogP contribution in [0.3, 0.4) is 0 Å². The van der Waals surface area contributed by atoms with Gasteiger partial charge in [-0.25, -0.2) is 9.97 Å². The Labute approximate surface area is 196 Å². The van der Waals surface area contributed by atoms with Crippen molar-refractivity contribution in [1.82, 2.24) is 19.5 Å². The van der Waals surface area contributed by atoms with E-state index in [9.17, 15) is 0 Å². The first-order valence-corrected chi connectivity index (χ1v) is 11.4. The van der Waals surface area contributed by atoms with Gasteiger partial charge in [-0.3, -0.25) is 0 Å². The molecule has 8 heteroatoms. The molecule has 0 amide bonds. The second-order valence-corrected chi connectivity index (χ2v) is 8.63. The van der Waals surface area contributed by atoms with E-state index in [0.717, 1.165) is 44.5 Å². The van der Waals surface area contributed by atoms with Crippen LogP contribution >= 0.6 is 11.3 Å².